The lowest BCUT2D eigenvalue weighted by Crippen LogP contribution is -2.30. The molecule has 1 unspecified atom stereocenters. The van der Waals surface area contributed by atoms with Gasteiger partial charge in [-0.1, -0.05) is 35.5 Å². The number of benzene rings is 1. The number of hydrogen-bond donors (Lipinski definition) is 0. The van der Waals surface area contributed by atoms with E-state index in [0.717, 1.165) is 18.5 Å². The first-order valence-corrected chi connectivity index (χ1v) is 8.39. The van der Waals surface area contributed by atoms with Crippen LogP contribution in [-0.2, 0) is 13.0 Å². The van der Waals surface area contributed by atoms with Crippen LogP contribution in [0.2, 0.25) is 0 Å². The summed E-state index contributed by atoms with van der Waals surface area (Å²) in [6, 6.07) is 15.0. The van der Waals surface area contributed by atoms with E-state index in [4.69, 9.17) is 4.52 Å². The summed E-state index contributed by atoms with van der Waals surface area (Å²) in [5.74, 6) is 1.28. The summed E-state index contributed by atoms with van der Waals surface area (Å²) in [5.41, 5.74) is 2.27. The highest BCUT2D eigenvalue weighted by Crippen LogP contribution is 2.23. The average molecular weight is 320 g/mol. The van der Waals surface area contributed by atoms with E-state index in [1.165, 1.54) is 18.4 Å². The Labute approximate surface area is 141 Å². The lowest BCUT2D eigenvalue weighted by atomic mass is 10.0. The topological polar surface area (TPSA) is 55.1 Å². The van der Waals surface area contributed by atoms with Crippen molar-refractivity contribution in [1.82, 2.24) is 20.0 Å². The molecule has 1 fully saturated rings. The molecule has 0 amide bonds. The Morgan fingerprint density at radius 2 is 2.04 bits per heavy atom. The molecule has 1 aromatic carbocycles. The van der Waals surface area contributed by atoms with Crippen LogP contribution >= 0.6 is 0 Å². The SMILES string of the molecule is c1ccc(CC2CCCN2Cc2nc(-c3cccnc3)no2)cc1. The van der Waals surface area contributed by atoms with Crippen molar-refractivity contribution in [1.29, 1.82) is 0 Å². The largest absolute Gasteiger partial charge is 0.338 e. The molecule has 0 saturated carbocycles. The van der Waals surface area contributed by atoms with E-state index in [9.17, 15) is 0 Å². The Kier molecular flexibility index (Phi) is 4.34. The van der Waals surface area contributed by atoms with Gasteiger partial charge in [-0.3, -0.25) is 9.88 Å². The van der Waals surface area contributed by atoms with E-state index < -0.39 is 0 Å². The van der Waals surface area contributed by atoms with Crippen molar-refractivity contribution in [2.45, 2.75) is 31.8 Å². The van der Waals surface area contributed by atoms with Crippen LogP contribution in [0.4, 0.5) is 0 Å². The summed E-state index contributed by atoms with van der Waals surface area (Å²) in [6.45, 7) is 1.80. The molecular formula is C19H20N4O. The predicted molar refractivity (Wildman–Crippen MR) is 91.1 cm³/mol. The van der Waals surface area contributed by atoms with Gasteiger partial charge in [-0.15, -0.1) is 0 Å². The minimum Gasteiger partial charge on any atom is -0.338 e. The van der Waals surface area contributed by atoms with Gasteiger partial charge < -0.3 is 4.52 Å². The maximum atomic E-state index is 5.45. The number of pyridine rings is 1. The van der Waals surface area contributed by atoms with E-state index in [1.807, 2.05) is 12.1 Å². The van der Waals surface area contributed by atoms with Gasteiger partial charge in [0, 0.05) is 24.0 Å². The second-order valence-corrected chi connectivity index (χ2v) is 6.21. The second kappa shape index (κ2) is 6.93. The molecule has 0 spiro atoms. The molecule has 5 nitrogen and oxygen atoms in total. The van der Waals surface area contributed by atoms with Crippen molar-refractivity contribution < 1.29 is 4.52 Å². The third-order valence-electron chi connectivity index (χ3n) is 4.54. The highest BCUT2D eigenvalue weighted by atomic mass is 16.5. The number of hydrogen-bond acceptors (Lipinski definition) is 5. The van der Waals surface area contributed by atoms with Gasteiger partial charge in [0.1, 0.15) is 0 Å². The molecule has 3 heterocycles. The van der Waals surface area contributed by atoms with Gasteiger partial charge in [0.05, 0.1) is 6.54 Å². The first-order chi connectivity index (χ1) is 11.9. The normalized spacial score (nSPS) is 18.1. The lowest BCUT2D eigenvalue weighted by Gasteiger charge is -2.22. The summed E-state index contributed by atoms with van der Waals surface area (Å²) in [5, 5.41) is 4.08. The predicted octanol–water partition coefficient (Wildman–Crippen LogP) is 3.34. The third-order valence-corrected chi connectivity index (χ3v) is 4.54. The summed E-state index contributed by atoms with van der Waals surface area (Å²) >= 11 is 0. The summed E-state index contributed by atoms with van der Waals surface area (Å²) < 4.78 is 5.45. The molecule has 3 aromatic rings. The van der Waals surface area contributed by atoms with Crippen molar-refractivity contribution in [3.63, 3.8) is 0 Å². The number of aromatic nitrogens is 3. The molecule has 2 aromatic heterocycles. The molecule has 1 aliphatic rings. The van der Waals surface area contributed by atoms with E-state index in [1.54, 1.807) is 12.4 Å². The zero-order chi connectivity index (χ0) is 16.2. The van der Waals surface area contributed by atoms with Crippen LogP contribution in [0.5, 0.6) is 0 Å². The van der Waals surface area contributed by atoms with Crippen LogP contribution in [0.15, 0.2) is 59.4 Å². The zero-order valence-corrected chi connectivity index (χ0v) is 13.5. The molecular weight excluding hydrogens is 300 g/mol. The Hall–Kier alpha value is -2.53. The van der Waals surface area contributed by atoms with Crippen molar-refractivity contribution in [2.75, 3.05) is 6.54 Å². The summed E-state index contributed by atoms with van der Waals surface area (Å²) in [4.78, 5) is 11.1. The van der Waals surface area contributed by atoms with Gasteiger partial charge in [0.2, 0.25) is 11.7 Å². The van der Waals surface area contributed by atoms with Gasteiger partial charge in [-0.2, -0.15) is 4.98 Å². The van der Waals surface area contributed by atoms with E-state index in [2.05, 4.69) is 50.4 Å². The Balaban J connectivity index is 1.44. The quantitative estimate of drug-likeness (QED) is 0.721. The molecule has 24 heavy (non-hydrogen) atoms. The maximum Gasteiger partial charge on any atom is 0.241 e. The van der Waals surface area contributed by atoms with Gasteiger partial charge in [-0.25, -0.2) is 0 Å². The number of rotatable bonds is 5. The fraction of sp³-hybridized carbons (Fsp3) is 0.316. The van der Waals surface area contributed by atoms with E-state index >= 15 is 0 Å². The number of nitrogens with zero attached hydrogens (tertiary/aromatic N) is 4. The summed E-state index contributed by atoms with van der Waals surface area (Å²) in [7, 11) is 0. The smallest absolute Gasteiger partial charge is 0.241 e. The molecule has 1 aliphatic heterocycles. The first-order valence-electron chi connectivity index (χ1n) is 8.39. The fourth-order valence-corrected chi connectivity index (χ4v) is 3.33. The molecule has 1 saturated heterocycles. The molecule has 0 bridgehead atoms. The molecule has 0 aliphatic carbocycles. The van der Waals surface area contributed by atoms with Crippen LogP contribution in [-0.4, -0.2) is 32.6 Å². The standard InChI is InChI=1S/C19H20N4O/c1-2-6-15(7-3-1)12-17-9-5-11-23(17)14-18-21-19(22-24-18)16-8-4-10-20-13-16/h1-4,6-8,10,13,17H,5,9,11-12,14H2. The molecule has 5 heteroatoms. The molecule has 0 N–H and O–H groups in total. The second-order valence-electron chi connectivity index (χ2n) is 6.21. The highest BCUT2D eigenvalue weighted by Gasteiger charge is 2.26. The van der Waals surface area contributed by atoms with Crippen LogP contribution in [0.1, 0.15) is 24.3 Å². The average Bonchev–Trinajstić information content (AvgIpc) is 3.27. The van der Waals surface area contributed by atoms with Crippen LogP contribution < -0.4 is 0 Å². The lowest BCUT2D eigenvalue weighted by molar-refractivity contribution is 0.210. The van der Waals surface area contributed by atoms with Crippen molar-refractivity contribution in [2.24, 2.45) is 0 Å². The molecule has 0 radical (unpaired) electrons. The Morgan fingerprint density at radius 3 is 2.88 bits per heavy atom. The third kappa shape index (κ3) is 3.36. The highest BCUT2D eigenvalue weighted by molar-refractivity contribution is 5.51. The van der Waals surface area contributed by atoms with Gasteiger partial charge in [0.25, 0.3) is 0 Å². The maximum absolute atomic E-state index is 5.45. The Bertz CT molecular complexity index is 772. The van der Waals surface area contributed by atoms with Crippen molar-refractivity contribution in [3.8, 4) is 11.4 Å². The first kappa shape index (κ1) is 15.0. The fourth-order valence-electron chi connectivity index (χ4n) is 3.33. The van der Waals surface area contributed by atoms with Gasteiger partial charge in [0.15, 0.2) is 0 Å². The van der Waals surface area contributed by atoms with Crippen molar-refractivity contribution in [3.05, 3.63) is 66.3 Å². The van der Waals surface area contributed by atoms with E-state index in [0.29, 0.717) is 24.3 Å². The van der Waals surface area contributed by atoms with Crippen LogP contribution in [0, 0.1) is 0 Å². The van der Waals surface area contributed by atoms with E-state index in [-0.39, 0.29) is 0 Å². The summed E-state index contributed by atoms with van der Waals surface area (Å²) in [6.07, 6.45) is 7.01. The van der Waals surface area contributed by atoms with Gasteiger partial charge >= 0.3 is 0 Å². The zero-order valence-electron chi connectivity index (χ0n) is 13.5. The van der Waals surface area contributed by atoms with Crippen molar-refractivity contribution >= 4 is 0 Å². The molecule has 4 rings (SSSR count). The van der Waals surface area contributed by atoms with Gasteiger partial charge in [-0.05, 0) is 43.5 Å². The van der Waals surface area contributed by atoms with Crippen LogP contribution in [0.3, 0.4) is 0 Å². The Morgan fingerprint density at radius 1 is 1.12 bits per heavy atom. The minimum atomic E-state index is 0.543. The number of likely N-dealkylation sites (tertiary alicyclic amines) is 1. The molecule has 1 atom stereocenters. The molecule has 122 valence electrons. The monoisotopic (exact) mass is 320 g/mol. The van der Waals surface area contributed by atoms with Crippen LogP contribution in [0.25, 0.3) is 11.4 Å². The minimum absolute atomic E-state index is 0.543.